The Morgan fingerprint density at radius 2 is 2.16 bits per heavy atom. The van der Waals surface area contributed by atoms with Crippen molar-refractivity contribution < 1.29 is 9.53 Å². The van der Waals surface area contributed by atoms with E-state index in [1.165, 1.54) is 11.3 Å². The van der Waals surface area contributed by atoms with Crippen molar-refractivity contribution in [1.29, 1.82) is 0 Å². The van der Waals surface area contributed by atoms with Gasteiger partial charge in [-0.05, 0) is 35.6 Å². The Morgan fingerprint density at radius 1 is 1.37 bits per heavy atom. The van der Waals surface area contributed by atoms with Gasteiger partial charge in [0.05, 0.1) is 17.0 Å². The van der Waals surface area contributed by atoms with E-state index in [0.717, 1.165) is 0 Å². The maximum absolute atomic E-state index is 12.4. The number of ketones is 1. The number of carbonyl (C=O) groups excluding carboxylic acids is 1. The maximum Gasteiger partial charge on any atom is 0.206 e. The van der Waals surface area contributed by atoms with E-state index in [4.69, 9.17) is 16.3 Å². The molecule has 0 radical (unpaired) electrons. The Morgan fingerprint density at radius 3 is 2.79 bits per heavy atom. The molecule has 0 N–H and O–H groups in total. The number of thiophene rings is 1. The summed E-state index contributed by atoms with van der Waals surface area (Å²) < 4.78 is 5.70. The van der Waals surface area contributed by atoms with E-state index < -0.39 is 0 Å². The van der Waals surface area contributed by atoms with Gasteiger partial charge in [-0.25, -0.2) is 0 Å². The number of halogens is 1. The van der Waals surface area contributed by atoms with Crippen molar-refractivity contribution in [2.45, 2.75) is 13.8 Å². The number of carbonyl (C=O) groups is 1. The summed E-state index contributed by atoms with van der Waals surface area (Å²) in [6.07, 6.45) is 0. The van der Waals surface area contributed by atoms with Gasteiger partial charge in [0.25, 0.3) is 0 Å². The number of hydrogen-bond donors (Lipinski definition) is 0. The molecule has 1 aromatic carbocycles. The third-order valence-corrected chi connectivity index (χ3v) is 3.61. The van der Waals surface area contributed by atoms with Crippen LogP contribution in [0.2, 0.25) is 5.02 Å². The van der Waals surface area contributed by atoms with Crippen molar-refractivity contribution in [1.82, 2.24) is 0 Å². The van der Waals surface area contributed by atoms with Crippen LogP contribution in [0.3, 0.4) is 0 Å². The SMILES string of the molecule is CC(C)COc1ccc(Cl)cc1C(=O)c1cccs1. The van der Waals surface area contributed by atoms with Crippen molar-refractivity contribution in [2.24, 2.45) is 5.92 Å². The molecule has 2 nitrogen and oxygen atoms in total. The molecule has 0 atom stereocenters. The van der Waals surface area contributed by atoms with Gasteiger partial charge in [0.15, 0.2) is 0 Å². The summed E-state index contributed by atoms with van der Waals surface area (Å²) in [5, 5.41) is 2.42. The molecule has 1 aromatic heterocycles. The summed E-state index contributed by atoms with van der Waals surface area (Å²) in [7, 11) is 0. The van der Waals surface area contributed by atoms with Gasteiger partial charge in [0, 0.05) is 5.02 Å². The Hall–Kier alpha value is -1.32. The van der Waals surface area contributed by atoms with Crippen LogP contribution in [-0.4, -0.2) is 12.4 Å². The van der Waals surface area contributed by atoms with E-state index >= 15 is 0 Å². The smallest absolute Gasteiger partial charge is 0.206 e. The highest BCUT2D eigenvalue weighted by Crippen LogP contribution is 2.27. The Balaban J connectivity index is 2.32. The minimum absolute atomic E-state index is 0.0451. The van der Waals surface area contributed by atoms with Crippen LogP contribution in [-0.2, 0) is 0 Å². The molecule has 0 spiro atoms. The molecule has 4 heteroatoms. The van der Waals surface area contributed by atoms with Crippen molar-refractivity contribution in [3.05, 3.63) is 51.2 Å². The topological polar surface area (TPSA) is 26.3 Å². The summed E-state index contributed by atoms with van der Waals surface area (Å²) in [6, 6.07) is 8.82. The zero-order valence-corrected chi connectivity index (χ0v) is 12.4. The molecular formula is C15H15ClO2S. The van der Waals surface area contributed by atoms with E-state index in [-0.39, 0.29) is 5.78 Å². The van der Waals surface area contributed by atoms with Crippen LogP contribution in [0.4, 0.5) is 0 Å². The highest BCUT2D eigenvalue weighted by molar-refractivity contribution is 7.12. The number of rotatable bonds is 5. The van der Waals surface area contributed by atoms with Gasteiger partial charge >= 0.3 is 0 Å². The number of hydrogen-bond acceptors (Lipinski definition) is 3. The Bertz CT molecular complexity index is 562. The third kappa shape index (κ3) is 3.58. The van der Waals surface area contributed by atoms with Crippen LogP contribution >= 0.6 is 22.9 Å². The summed E-state index contributed by atoms with van der Waals surface area (Å²) in [6.45, 7) is 4.71. The molecular weight excluding hydrogens is 280 g/mol. The monoisotopic (exact) mass is 294 g/mol. The lowest BCUT2D eigenvalue weighted by molar-refractivity contribution is 0.103. The van der Waals surface area contributed by atoms with E-state index in [0.29, 0.717) is 33.7 Å². The first-order chi connectivity index (χ1) is 9.08. The lowest BCUT2D eigenvalue weighted by atomic mass is 10.1. The van der Waals surface area contributed by atoms with E-state index in [1.54, 1.807) is 24.3 Å². The van der Waals surface area contributed by atoms with Gasteiger partial charge in [-0.2, -0.15) is 0 Å². The average molecular weight is 295 g/mol. The van der Waals surface area contributed by atoms with Gasteiger partial charge in [-0.15, -0.1) is 11.3 Å². The number of ether oxygens (including phenoxy) is 1. The van der Waals surface area contributed by atoms with Crippen LogP contribution in [0.5, 0.6) is 5.75 Å². The van der Waals surface area contributed by atoms with E-state index in [9.17, 15) is 4.79 Å². The molecule has 0 saturated carbocycles. The predicted octanol–water partition coefficient (Wildman–Crippen LogP) is 4.67. The zero-order chi connectivity index (χ0) is 13.8. The standard InChI is InChI=1S/C15H15ClO2S/c1-10(2)9-18-13-6-5-11(16)8-12(13)15(17)14-4-3-7-19-14/h3-8,10H,9H2,1-2H3. The quantitative estimate of drug-likeness (QED) is 0.749. The van der Waals surface area contributed by atoms with E-state index in [2.05, 4.69) is 13.8 Å². The van der Waals surface area contributed by atoms with Crippen molar-refractivity contribution >= 4 is 28.7 Å². The fourth-order valence-electron chi connectivity index (χ4n) is 1.60. The van der Waals surface area contributed by atoms with Crippen molar-refractivity contribution in [2.75, 3.05) is 6.61 Å². The minimum Gasteiger partial charge on any atom is -0.493 e. The lowest BCUT2D eigenvalue weighted by Gasteiger charge is -2.12. The van der Waals surface area contributed by atoms with Crippen LogP contribution in [0.1, 0.15) is 29.1 Å². The second-order valence-electron chi connectivity index (χ2n) is 4.65. The lowest BCUT2D eigenvalue weighted by Crippen LogP contribution is -2.09. The minimum atomic E-state index is -0.0451. The largest absolute Gasteiger partial charge is 0.493 e. The molecule has 0 amide bonds. The van der Waals surface area contributed by atoms with Crippen LogP contribution in [0.15, 0.2) is 35.7 Å². The Labute approximate surface area is 122 Å². The zero-order valence-electron chi connectivity index (χ0n) is 10.9. The first-order valence-corrected chi connectivity index (χ1v) is 7.34. The summed E-state index contributed by atoms with van der Waals surface area (Å²) in [4.78, 5) is 13.1. The highest BCUT2D eigenvalue weighted by atomic mass is 35.5. The van der Waals surface area contributed by atoms with Gasteiger partial charge < -0.3 is 4.74 Å². The van der Waals surface area contributed by atoms with Crippen molar-refractivity contribution in [3.8, 4) is 5.75 Å². The predicted molar refractivity (Wildman–Crippen MR) is 79.5 cm³/mol. The molecule has 2 rings (SSSR count). The van der Waals surface area contributed by atoms with Crippen molar-refractivity contribution in [3.63, 3.8) is 0 Å². The Kier molecular flexibility index (Phi) is 4.61. The molecule has 0 fully saturated rings. The van der Waals surface area contributed by atoms with Crippen LogP contribution in [0.25, 0.3) is 0 Å². The average Bonchev–Trinajstić information content (AvgIpc) is 2.90. The second kappa shape index (κ2) is 6.22. The first-order valence-electron chi connectivity index (χ1n) is 6.08. The molecule has 19 heavy (non-hydrogen) atoms. The summed E-state index contributed by atoms with van der Waals surface area (Å²) in [5.74, 6) is 0.952. The van der Waals surface area contributed by atoms with Crippen LogP contribution < -0.4 is 4.74 Å². The second-order valence-corrected chi connectivity index (χ2v) is 6.04. The normalized spacial score (nSPS) is 10.7. The van der Waals surface area contributed by atoms with E-state index in [1.807, 2.05) is 11.4 Å². The maximum atomic E-state index is 12.4. The number of benzene rings is 1. The van der Waals surface area contributed by atoms with Gasteiger partial charge in [0.1, 0.15) is 5.75 Å². The summed E-state index contributed by atoms with van der Waals surface area (Å²) >= 11 is 7.40. The molecule has 1 heterocycles. The molecule has 100 valence electrons. The van der Waals surface area contributed by atoms with Gasteiger partial charge in [0.2, 0.25) is 5.78 Å². The first kappa shape index (κ1) is 14.1. The molecule has 2 aromatic rings. The highest BCUT2D eigenvalue weighted by Gasteiger charge is 2.16. The molecule has 0 bridgehead atoms. The molecule has 0 unspecified atom stereocenters. The molecule has 0 aliphatic heterocycles. The van der Waals surface area contributed by atoms with Crippen LogP contribution in [0, 0.1) is 5.92 Å². The fraction of sp³-hybridized carbons (Fsp3) is 0.267. The molecule has 0 aliphatic carbocycles. The third-order valence-electron chi connectivity index (χ3n) is 2.50. The molecule has 0 aliphatic rings. The van der Waals surface area contributed by atoms with Gasteiger partial charge in [-0.3, -0.25) is 4.79 Å². The van der Waals surface area contributed by atoms with Gasteiger partial charge in [-0.1, -0.05) is 31.5 Å². The summed E-state index contributed by atoms with van der Waals surface area (Å²) in [5.41, 5.74) is 0.524. The molecule has 0 saturated heterocycles. The fourth-order valence-corrected chi connectivity index (χ4v) is 2.45.